The second-order valence-electron chi connectivity index (χ2n) is 6.30. The molecule has 0 fully saturated rings. The number of Topliss-reactive ketones (excluding diaryl/α,β-unsaturated/α-hetero) is 1. The fourth-order valence-corrected chi connectivity index (χ4v) is 2.77. The Morgan fingerprint density at radius 2 is 1.92 bits per heavy atom. The van der Waals surface area contributed by atoms with Crippen molar-refractivity contribution in [2.75, 3.05) is 14.2 Å². The molecule has 1 aliphatic rings. The summed E-state index contributed by atoms with van der Waals surface area (Å²) >= 11 is 0. The van der Waals surface area contributed by atoms with E-state index in [-0.39, 0.29) is 23.5 Å². The Morgan fingerprint density at radius 3 is 2.46 bits per heavy atom. The zero-order valence-corrected chi connectivity index (χ0v) is 14.2. The molecule has 0 bridgehead atoms. The summed E-state index contributed by atoms with van der Waals surface area (Å²) in [4.78, 5) is 28.5. The summed E-state index contributed by atoms with van der Waals surface area (Å²) in [5, 5.41) is 10.4. The normalized spacial score (nSPS) is 20.3. The van der Waals surface area contributed by atoms with Gasteiger partial charge in [-0.25, -0.2) is 0 Å². The van der Waals surface area contributed by atoms with Gasteiger partial charge in [0.05, 0.1) is 25.5 Å². The first-order chi connectivity index (χ1) is 11.3. The molecule has 1 aromatic rings. The Labute approximate surface area is 140 Å². The van der Waals surface area contributed by atoms with Crippen LogP contribution in [0.5, 0.6) is 5.75 Å². The minimum atomic E-state index is -0.891. The number of rotatable bonds is 4. The van der Waals surface area contributed by atoms with Crippen LogP contribution >= 0.6 is 0 Å². The molecule has 6 nitrogen and oxygen atoms in total. The number of carbonyl (C=O) groups excluding carboxylic acids is 2. The van der Waals surface area contributed by atoms with Crippen LogP contribution in [0.4, 0.5) is 5.69 Å². The minimum absolute atomic E-state index is 0.0422. The van der Waals surface area contributed by atoms with Gasteiger partial charge in [-0.3, -0.25) is 14.6 Å². The Hall–Kier alpha value is -2.63. The number of esters is 1. The highest BCUT2D eigenvalue weighted by atomic mass is 16.5. The summed E-state index contributed by atoms with van der Waals surface area (Å²) in [5.41, 5.74) is -0.0741. The molecule has 1 N–H and O–H groups in total. The minimum Gasteiger partial charge on any atom is -0.511 e. The number of ether oxygens (including phenoxy) is 2. The lowest BCUT2D eigenvalue weighted by Gasteiger charge is -2.35. The summed E-state index contributed by atoms with van der Waals surface area (Å²) in [6.07, 6.45) is 1.42. The molecule has 1 unspecified atom stereocenters. The predicted molar refractivity (Wildman–Crippen MR) is 89.7 cm³/mol. The van der Waals surface area contributed by atoms with Crippen molar-refractivity contribution in [2.45, 2.75) is 20.3 Å². The van der Waals surface area contributed by atoms with Crippen molar-refractivity contribution in [3.63, 3.8) is 0 Å². The van der Waals surface area contributed by atoms with Gasteiger partial charge in [0.2, 0.25) is 0 Å². The highest BCUT2D eigenvalue weighted by Crippen LogP contribution is 2.41. The van der Waals surface area contributed by atoms with Crippen molar-refractivity contribution < 1.29 is 24.2 Å². The molecule has 0 heterocycles. The highest BCUT2D eigenvalue weighted by molar-refractivity contribution is 6.15. The summed E-state index contributed by atoms with van der Waals surface area (Å²) in [6, 6.07) is 6.93. The molecule has 0 saturated heterocycles. The van der Waals surface area contributed by atoms with Crippen LogP contribution in [-0.2, 0) is 14.3 Å². The third-order valence-corrected chi connectivity index (χ3v) is 4.10. The molecule has 1 aliphatic carbocycles. The van der Waals surface area contributed by atoms with E-state index in [4.69, 9.17) is 9.47 Å². The second-order valence-corrected chi connectivity index (χ2v) is 6.30. The van der Waals surface area contributed by atoms with E-state index in [1.165, 1.54) is 13.3 Å². The average molecular weight is 331 g/mol. The molecule has 0 aromatic heterocycles. The highest BCUT2D eigenvalue weighted by Gasteiger charge is 2.46. The Kier molecular flexibility index (Phi) is 5.07. The standard InChI is InChI=1S/C18H21NO5/c1-18(2)9-14(20)13(16(21)15(18)17(22)24-4)10-19-11-5-7-12(23-3)8-6-11/h5-8,10,15,21H,9H2,1-4H3. The van der Waals surface area contributed by atoms with E-state index >= 15 is 0 Å². The predicted octanol–water partition coefficient (Wildman–Crippen LogP) is 3.00. The molecule has 6 heteroatoms. The topological polar surface area (TPSA) is 85.2 Å². The van der Waals surface area contributed by atoms with Crippen molar-refractivity contribution in [1.29, 1.82) is 0 Å². The first-order valence-corrected chi connectivity index (χ1v) is 7.52. The van der Waals surface area contributed by atoms with Gasteiger partial charge in [0.25, 0.3) is 0 Å². The molecule has 24 heavy (non-hydrogen) atoms. The van der Waals surface area contributed by atoms with E-state index in [0.29, 0.717) is 11.4 Å². The fourth-order valence-electron chi connectivity index (χ4n) is 2.77. The second kappa shape index (κ2) is 6.86. The van der Waals surface area contributed by atoms with E-state index in [1.807, 2.05) is 0 Å². The molecule has 0 spiro atoms. The lowest BCUT2D eigenvalue weighted by molar-refractivity contribution is -0.150. The SMILES string of the molecule is COC(=O)C1C(O)=C(C=Nc2ccc(OC)cc2)C(=O)CC1(C)C. The van der Waals surface area contributed by atoms with Crippen molar-refractivity contribution in [2.24, 2.45) is 16.3 Å². The fraction of sp³-hybridized carbons (Fsp3) is 0.389. The molecule has 0 amide bonds. The van der Waals surface area contributed by atoms with Crippen LogP contribution < -0.4 is 4.74 Å². The van der Waals surface area contributed by atoms with E-state index in [9.17, 15) is 14.7 Å². The molecule has 128 valence electrons. The molecule has 1 aromatic carbocycles. The number of nitrogens with zero attached hydrogens (tertiary/aromatic N) is 1. The molecule has 0 radical (unpaired) electrons. The lowest BCUT2D eigenvalue weighted by atomic mass is 9.68. The largest absolute Gasteiger partial charge is 0.511 e. The number of hydrogen-bond donors (Lipinski definition) is 1. The first kappa shape index (κ1) is 17.7. The van der Waals surface area contributed by atoms with Crippen LogP contribution in [-0.4, -0.2) is 37.3 Å². The summed E-state index contributed by atoms with van der Waals surface area (Å²) in [6.45, 7) is 3.50. The van der Waals surface area contributed by atoms with Gasteiger partial charge in [-0.15, -0.1) is 0 Å². The van der Waals surface area contributed by atoms with Crippen molar-refractivity contribution >= 4 is 23.7 Å². The van der Waals surface area contributed by atoms with Gasteiger partial charge >= 0.3 is 5.97 Å². The monoisotopic (exact) mass is 331 g/mol. The van der Waals surface area contributed by atoms with Gasteiger partial charge in [-0.1, -0.05) is 13.8 Å². The van der Waals surface area contributed by atoms with E-state index in [2.05, 4.69) is 4.99 Å². The van der Waals surface area contributed by atoms with Crippen LogP contribution in [0.2, 0.25) is 0 Å². The third kappa shape index (κ3) is 3.48. The van der Waals surface area contributed by atoms with E-state index < -0.39 is 17.3 Å². The number of aliphatic hydroxyl groups is 1. The number of hydrogen-bond acceptors (Lipinski definition) is 6. The van der Waals surface area contributed by atoms with Gasteiger partial charge in [-0.2, -0.15) is 0 Å². The zero-order valence-electron chi connectivity index (χ0n) is 14.2. The van der Waals surface area contributed by atoms with Crippen LogP contribution in [0, 0.1) is 11.3 Å². The van der Waals surface area contributed by atoms with Crippen molar-refractivity contribution in [1.82, 2.24) is 0 Å². The smallest absolute Gasteiger partial charge is 0.316 e. The number of aliphatic hydroxyl groups excluding tert-OH is 1. The quantitative estimate of drug-likeness (QED) is 0.677. The number of benzene rings is 1. The number of methoxy groups -OCH3 is 2. The maximum absolute atomic E-state index is 12.3. The number of carbonyl (C=O) groups is 2. The summed E-state index contributed by atoms with van der Waals surface area (Å²) in [5.74, 6) is -1.31. The number of ketones is 1. The number of allylic oxidation sites excluding steroid dienone is 1. The summed E-state index contributed by atoms with van der Waals surface area (Å²) < 4.78 is 9.83. The van der Waals surface area contributed by atoms with Crippen LogP contribution in [0.25, 0.3) is 0 Å². The van der Waals surface area contributed by atoms with Crippen LogP contribution in [0.15, 0.2) is 40.6 Å². The molecule has 0 saturated carbocycles. The average Bonchev–Trinajstić information content (AvgIpc) is 2.53. The van der Waals surface area contributed by atoms with Crippen LogP contribution in [0.1, 0.15) is 20.3 Å². The lowest BCUT2D eigenvalue weighted by Crippen LogP contribution is -2.40. The van der Waals surface area contributed by atoms with Crippen molar-refractivity contribution in [3.8, 4) is 5.75 Å². The zero-order chi connectivity index (χ0) is 17.9. The Morgan fingerprint density at radius 1 is 1.29 bits per heavy atom. The maximum Gasteiger partial charge on any atom is 0.316 e. The van der Waals surface area contributed by atoms with E-state index in [1.54, 1.807) is 45.2 Å². The first-order valence-electron chi connectivity index (χ1n) is 7.52. The number of aliphatic imine (C=N–C) groups is 1. The van der Waals surface area contributed by atoms with Gasteiger partial charge in [0.1, 0.15) is 17.4 Å². The molecular weight excluding hydrogens is 310 g/mol. The molecule has 2 rings (SSSR count). The molecule has 0 aliphatic heterocycles. The third-order valence-electron chi connectivity index (χ3n) is 4.10. The van der Waals surface area contributed by atoms with Crippen molar-refractivity contribution in [3.05, 3.63) is 35.6 Å². The van der Waals surface area contributed by atoms with Gasteiger partial charge in [-0.05, 0) is 29.7 Å². The summed E-state index contributed by atoms with van der Waals surface area (Å²) in [7, 11) is 2.82. The molecule has 1 atom stereocenters. The van der Waals surface area contributed by atoms with Gasteiger partial charge in [0, 0.05) is 12.6 Å². The maximum atomic E-state index is 12.3. The van der Waals surface area contributed by atoms with Gasteiger partial charge in [0.15, 0.2) is 5.78 Å². The Bertz CT molecular complexity index is 701. The van der Waals surface area contributed by atoms with Crippen LogP contribution in [0.3, 0.4) is 0 Å². The van der Waals surface area contributed by atoms with E-state index in [0.717, 1.165) is 0 Å². The Balaban J connectivity index is 2.36. The van der Waals surface area contributed by atoms with Gasteiger partial charge < -0.3 is 14.6 Å². The molecular formula is C18H21NO5.